The lowest BCUT2D eigenvalue weighted by Crippen LogP contribution is -2.44. The summed E-state index contributed by atoms with van der Waals surface area (Å²) in [6.45, 7) is 2.05. The molecule has 0 saturated carbocycles. The van der Waals surface area contributed by atoms with Crippen LogP contribution in [0.4, 0.5) is 0 Å². The van der Waals surface area contributed by atoms with Crippen molar-refractivity contribution in [3.05, 3.63) is 35.9 Å². The monoisotopic (exact) mass is 339 g/mol. The molecule has 2 amide bonds. The molecule has 1 aliphatic rings. The van der Waals surface area contributed by atoms with Crippen LogP contribution in [0.3, 0.4) is 0 Å². The molecule has 1 atom stereocenters. The number of piperidine rings is 1. The largest absolute Gasteiger partial charge is 0.354 e. The molecule has 1 aromatic rings. The van der Waals surface area contributed by atoms with Crippen molar-refractivity contribution in [2.45, 2.75) is 38.1 Å². The zero-order valence-corrected chi connectivity index (χ0v) is 14.2. The third-order valence-corrected chi connectivity index (χ3v) is 3.98. The molecule has 6 heteroatoms. The molecule has 1 unspecified atom stereocenters. The van der Waals surface area contributed by atoms with Crippen LogP contribution >= 0.6 is 12.4 Å². The van der Waals surface area contributed by atoms with E-state index in [1.165, 1.54) is 6.42 Å². The van der Waals surface area contributed by atoms with Crippen LogP contribution in [-0.2, 0) is 16.0 Å². The van der Waals surface area contributed by atoms with Gasteiger partial charge in [-0.05, 0) is 31.2 Å². The minimum Gasteiger partial charge on any atom is -0.354 e. The fraction of sp³-hybridized carbons (Fsp3) is 0.529. The van der Waals surface area contributed by atoms with E-state index in [2.05, 4.69) is 5.32 Å². The van der Waals surface area contributed by atoms with Gasteiger partial charge in [-0.15, -0.1) is 12.4 Å². The number of carbonyl (C=O) groups is 2. The van der Waals surface area contributed by atoms with Gasteiger partial charge < -0.3 is 16.0 Å². The average Bonchev–Trinajstić information content (AvgIpc) is 2.56. The number of likely N-dealkylation sites (tertiary alicyclic amines) is 1. The average molecular weight is 340 g/mol. The number of carbonyl (C=O) groups excluding carboxylic acids is 2. The highest BCUT2D eigenvalue weighted by atomic mass is 35.5. The maximum absolute atomic E-state index is 12.0. The van der Waals surface area contributed by atoms with Crippen LogP contribution in [-0.4, -0.2) is 42.4 Å². The Morgan fingerprint density at radius 3 is 2.43 bits per heavy atom. The van der Waals surface area contributed by atoms with Crippen molar-refractivity contribution in [3.8, 4) is 0 Å². The third kappa shape index (κ3) is 6.59. The van der Waals surface area contributed by atoms with Crippen LogP contribution in [0.5, 0.6) is 0 Å². The van der Waals surface area contributed by atoms with E-state index in [0.717, 1.165) is 31.5 Å². The fourth-order valence-electron chi connectivity index (χ4n) is 2.69. The van der Waals surface area contributed by atoms with E-state index in [-0.39, 0.29) is 24.2 Å². The first-order valence-electron chi connectivity index (χ1n) is 8.02. The van der Waals surface area contributed by atoms with Gasteiger partial charge in [0.2, 0.25) is 11.8 Å². The number of hydrogen-bond acceptors (Lipinski definition) is 3. The molecular formula is C17H26ClN3O2. The molecule has 1 aliphatic heterocycles. The predicted octanol–water partition coefficient (Wildman–Crippen LogP) is 1.50. The Morgan fingerprint density at radius 2 is 1.78 bits per heavy atom. The molecule has 0 radical (unpaired) electrons. The Morgan fingerprint density at radius 1 is 1.13 bits per heavy atom. The molecule has 5 nitrogen and oxygen atoms in total. The summed E-state index contributed by atoms with van der Waals surface area (Å²) >= 11 is 0. The van der Waals surface area contributed by atoms with Gasteiger partial charge in [-0.2, -0.15) is 0 Å². The maximum Gasteiger partial charge on any atom is 0.237 e. The van der Waals surface area contributed by atoms with Gasteiger partial charge in [-0.3, -0.25) is 9.59 Å². The Labute approximate surface area is 144 Å². The van der Waals surface area contributed by atoms with Gasteiger partial charge in [-0.25, -0.2) is 0 Å². The molecule has 3 N–H and O–H groups in total. The molecular weight excluding hydrogens is 314 g/mol. The van der Waals surface area contributed by atoms with Crippen molar-refractivity contribution in [1.82, 2.24) is 10.2 Å². The summed E-state index contributed by atoms with van der Waals surface area (Å²) in [5.74, 6) is -0.0769. The van der Waals surface area contributed by atoms with Crippen molar-refractivity contribution in [2.24, 2.45) is 5.73 Å². The zero-order chi connectivity index (χ0) is 15.8. The fourth-order valence-corrected chi connectivity index (χ4v) is 2.69. The van der Waals surface area contributed by atoms with Crippen molar-refractivity contribution in [1.29, 1.82) is 0 Å². The van der Waals surface area contributed by atoms with Gasteiger partial charge >= 0.3 is 0 Å². The van der Waals surface area contributed by atoms with E-state index in [0.29, 0.717) is 19.4 Å². The van der Waals surface area contributed by atoms with Crippen molar-refractivity contribution in [3.63, 3.8) is 0 Å². The Balaban J connectivity index is 0.00000264. The van der Waals surface area contributed by atoms with E-state index in [9.17, 15) is 9.59 Å². The number of nitrogens with two attached hydrogens (primary N) is 1. The lowest BCUT2D eigenvalue weighted by molar-refractivity contribution is -0.132. The molecule has 1 heterocycles. The molecule has 1 saturated heterocycles. The van der Waals surface area contributed by atoms with Crippen LogP contribution < -0.4 is 11.1 Å². The maximum atomic E-state index is 12.0. The molecule has 0 aromatic heterocycles. The smallest absolute Gasteiger partial charge is 0.237 e. The van der Waals surface area contributed by atoms with E-state index in [1.54, 1.807) is 0 Å². The first kappa shape index (κ1) is 19.5. The minimum absolute atomic E-state index is 0. The number of nitrogens with one attached hydrogen (secondary N) is 1. The quantitative estimate of drug-likeness (QED) is 0.824. The summed E-state index contributed by atoms with van der Waals surface area (Å²) in [4.78, 5) is 25.8. The van der Waals surface area contributed by atoms with Crippen LogP contribution in [0.15, 0.2) is 30.3 Å². The molecule has 23 heavy (non-hydrogen) atoms. The standard InChI is InChI=1S/C17H25N3O2.ClH/c18-15(13-14-7-3-1-4-8-14)17(22)19-10-9-16(21)20-11-5-2-6-12-20;/h1,3-4,7-8,15H,2,5-6,9-13,18H2,(H,19,22);1H. The first-order chi connectivity index (χ1) is 10.7. The number of hydrogen-bond donors (Lipinski definition) is 2. The highest BCUT2D eigenvalue weighted by molar-refractivity contribution is 5.85. The van der Waals surface area contributed by atoms with Crippen molar-refractivity contribution < 1.29 is 9.59 Å². The third-order valence-electron chi connectivity index (χ3n) is 3.98. The summed E-state index contributed by atoms with van der Waals surface area (Å²) in [7, 11) is 0. The molecule has 1 aromatic carbocycles. The lowest BCUT2D eigenvalue weighted by Gasteiger charge is -2.26. The molecule has 0 bridgehead atoms. The number of nitrogens with zero attached hydrogens (tertiary/aromatic N) is 1. The lowest BCUT2D eigenvalue weighted by atomic mass is 10.1. The summed E-state index contributed by atoms with van der Waals surface area (Å²) in [5, 5.41) is 2.76. The predicted molar refractivity (Wildman–Crippen MR) is 93.4 cm³/mol. The van der Waals surface area contributed by atoms with E-state index in [1.807, 2.05) is 35.2 Å². The van der Waals surface area contributed by atoms with Crippen LogP contribution in [0.1, 0.15) is 31.2 Å². The van der Waals surface area contributed by atoms with Gasteiger partial charge in [0.1, 0.15) is 0 Å². The Bertz CT molecular complexity index is 490. The molecule has 2 rings (SSSR count). The highest BCUT2D eigenvalue weighted by Gasteiger charge is 2.17. The number of amides is 2. The van der Waals surface area contributed by atoms with Gasteiger partial charge in [0.15, 0.2) is 0 Å². The summed E-state index contributed by atoms with van der Waals surface area (Å²) in [5.41, 5.74) is 6.94. The van der Waals surface area contributed by atoms with Crippen LogP contribution in [0, 0.1) is 0 Å². The van der Waals surface area contributed by atoms with E-state index in [4.69, 9.17) is 5.73 Å². The van der Waals surface area contributed by atoms with Gasteiger partial charge in [0.05, 0.1) is 6.04 Å². The second-order valence-electron chi connectivity index (χ2n) is 5.78. The molecule has 0 spiro atoms. The summed E-state index contributed by atoms with van der Waals surface area (Å²) in [6, 6.07) is 9.11. The number of benzene rings is 1. The van der Waals surface area contributed by atoms with Gasteiger partial charge in [0.25, 0.3) is 0 Å². The van der Waals surface area contributed by atoms with Gasteiger partial charge in [-0.1, -0.05) is 30.3 Å². The van der Waals surface area contributed by atoms with Crippen molar-refractivity contribution >= 4 is 24.2 Å². The summed E-state index contributed by atoms with van der Waals surface area (Å²) in [6.07, 6.45) is 4.23. The second-order valence-corrected chi connectivity index (χ2v) is 5.78. The van der Waals surface area contributed by atoms with E-state index >= 15 is 0 Å². The first-order valence-corrected chi connectivity index (χ1v) is 8.02. The van der Waals surface area contributed by atoms with E-state index < -0.39 is 6.04 Å². The normalized spacial score (nSPS) is 15.4. The molecule has 1 fully saturated rings. The highest BCUT2D eigenvalue weighted by Crippen LogP contribution is 2.09. The molecule has 0 aliphatic carbocycles. The Hall–Kier alpha value is -1.59. The number of rotatable bonds is 6. The SMILES string of the molecule is Cl.NC(Cc1ccccc1)C(=O)NCCC(=O)N1CCCCC1. The molecule has 128 valence electrons. The van der Waals surface area contributed by atoms with Crippen LogP contribution in [0.2, 0.25) is 0 Å². The number of halogens is 1. The summed E-state index contributed by atoms with van der Waals surface area (Å²) < 4.78 is 0. The van der Waals surface area contributed by atoms with Crippen LogP contribution in [0.25, 0.3) is 0 Å². The van der Waals surface area contributed by atoms with Crippen molar-refractivity contribution in [2.75, 3.05) is 19.6 Å². The van der Waals surface area contributed by atoms with Gasteiger partial charge in [0, 0.05) is 26.1 Å². The minimum atomic E-state index is -0.576. The topological polar surface area (TPSA) is 75.4 Å². The second kappa shape index (κ2) is 10.2. The Kier molecular flexibility index (Phi) is 8.66. The zero-order valence-electron chi connectivity index (χ0n) is 13.4.